The molecule has 158 valence electrons. The molecule has 2 aliphatic heterocycles. The molecule has 1 aromatic heterocycles. The first-order valence-electron chi connectivity index (χ1n) is 10.7. The first-order chi connectivity index (χ1) is 15.1. The second kappa shape index (κ2) is 7.91. The number of carbonyl (C=O) groups excluding carboxylic acids is 3. The van der Waals surface area contributed by atoms with Crippen molar-refractivity contribution in [3.8, 4) is 0 Å². The minimum absolute atomic E-state index is 0.0698. The summed E-state index contributed by atoms with van der Waals surface area (Å²) < 4.78 is 0. The zero-order chi connectivity index (χ0) is 21.4. The fourth-order valence-corrected chi connectivity index (χ4v) is 4.46. The van der Waals surface area contributed by atoms with Crippen molar-refractivity contribution in [1.82, 2.24) is 15.2 Å². The number of hydrogen-bond donors (Lipinski definition) is 3. The minimum Gasteiger partial charge on any atom is -0.363 e. The summed E-state index contributed by atoms with van der Waals surface area (Å²) in [5.41, 5.74) is 2.54. The first-order valence-corrected chi connectivity index (χ1v) is 10.7. The predicted molar refractivity (Wildman–Crippen MR) is 118 cm³/mol. The molecule has 1 fully saturated rings. The summed E-state index contributed by atoms with van der Waals surface area (Å²) >= 11 is 0. The van der Waals surface area contributed by atoms with Gasteiger partial charge in [-0.1, -0.05) is 12.2 Å². The molecule has 7 heteroatoms. The lowest BCUT2D eigenvalue weighted by Gasteiger charge is -2.28. The molecule has 7 nitrogen and oxygen atoms in total. The van der Waals surface area contributed by atoms with Crippen LogP contribution in [0.2, 0.25) is 0 Å². The van der Waals surface area contributed by atoms with Crippen LogP contribution in [0.5, 0.6) is 0 Å². The number of amides is 2. The summed E-state index contributed by atoms with van der Waals surface area (Å²) in [5, 5.41) is 6.80. The SMILES string of the molecule is O=C(Nc1cc2[nH]ccc2cc1C(=O)N1CCCCC1)C1=CNC2=CC=CCC2C1=O. The van der Waals surface area contributed by atoms with E-state index in [0.29, 0.717) is 17.7 Å². The Morgan fingerprint density at radius 2 is 1.97 bits per heavy atom. The second-order valence-corrected chi connectivity index (χ2v) is 8.17. The number of hydrogen-bond acceptors (Lipinski definition) is 4. The topological polar surface area (TPSA) is 94.3 Å². The van der Waals surface area contributed by atoms with Crippen LogP contribution in [0.1, 0.15) is 36.0 Å². The van der Waals surface area contributed by atoms with Gasteiger partial charge in [0.15, 0.2) is 5.78 Å². The van der Waals surface area contributed by atoms with Crippen molar-refractivity contribution in [2.24, 2.45) is 5.92 Å². The van der Waals surface area contributed by atoms with Crippen molar-refractivity contribution in [2.75, 3.05) is 18.4 Å². The Kier molecular flexibility index (Phi) is 4.94. The number of benzene rings is 1. The van der Waals surface area contributed by atoms with Crippen LogP contribution in [0.15, 0.2) is 60.1 Å². The van der Waals surface area contributed by atoms with Crippen LogP contribution in [0, 0.1) is 5.92 Å². The van der Waals surface area contributed by atoms with Gasteiger partial charge in [-0.2, -0.15) is 0 Å². The van der Waals surface area contributed by atoms with E-state index in [9.17, 15) is 14.4 Å². The van der Waals surface area contributed by atoms with Gasteiger partial charge in [0.1, 0.15) is 0 Å². The van der Waals surface area contributed by atoms with Gasteiger partial charge in [0, 0.05) is 42.1 Å². The van der Waals surface area contributed by atoms with Crippen LogP contribution in [-0.2, 0) is 9.59 Å². The van der Waals surface area contributed by atoms with E-state index in [2.05, 4.69) is 15.6 Å². The highest BCUT2D eigenvalue weighted by molar-refractivity contribution is 6.26. The predicted octanol–water partition coefficient (Wildman–Crippen LogP) is 3.25. The number of nitrogens with one attached hydrogen (secondary N) is 3. The van der Waals surface area contributed by atoms with Crippen molar-refractivity contribution in [3.05, 3.63) is 65.7 Å². The molecule has 31 heavy (non-hydrogen) atoms. The van der Waals surface area contributed by atoms with Gasteiger partial charge in [0.25, 0.3) is 11.8 Å². The summed E-state index contributed by atoms with van der Waals surface area (Å²) in [4.78, 5) is 44.2. The number of rotatable bonds is 3. The fraction of sp³-hybridized carbons (Fsp3) is 0.292. The number of nitrogens with zero attached hydrogens (tertiary/aromatic N) is 1. The zero-order valence-electron chi connectivity index (χ0n) is 17.1. The molecule has 1 aromatic carbocycles. The summed E-state index contributed by atoms with van der Waals surface area (Å²) in [7, 11) is 0. The molecule has 1 atom stereocenters. The van der Waals surface area contributed by atoms with E-state index in [4.69, 9.17) is 0 Å². The third-order valence-corrected chi connectivity index (χ3v) is 6.18. The zero-order valence-corrected chi connectivity index (χ0v) is 17.1. The summed E-state index contributed by atoms with van der Waals surface area (Å²) in [6.45, 7) is 1.44. The number of aromatic amines is 1. The quantitative estimate of drug-likeness (QED) is 0.670. The van der Waals surface area contributed by atoms with Crippen molar-refractivity contribution in [1.29, 1.82) is 0 Å². The number of Topliss-reactive ketones (excluding diaryl/α,β-unsaturated/α-hetero) is 1. The highest BCUT2D eigenvalue weighted by Gasteiger charge is 2.33. The fourth-order valence-electron chi connectivity index (χ4n) is 4.46. The molecule has 0 spiro atoms. The van der Waals surface area contributed by atoms with E-state index in [0.717, 1.165) is 49.0 Å². The van der Waals surface area contributed by atoms with Crippen LogP contribution in [0.3, 0.4) is 0 Å². The van der Waals surface area contributed by atoms with Gasteiger partial charge in [0.2, 0.25) is 0 Å². The summed E-state index contributed by atoms with van der Waals surface area (Å²) in [6.07, 6.45) is 12.6. The van der Waals surface area contributed by atoms with Gasteiger partial charge in [-0.3, -0.25) is 14.4 Å². The maximum absolute atomic E-state index is 13.3. The van der Waals surface area contributed by atoms with Crippen LogP contribution < -0.4 is 10.6 Å². The number of ketones is 1. The summed E-state index contributed by atoms with van der Waals surface area (Å²) in [5.74, 6) is -1.18. The van der Waals surface area contributed by atoms with Crippen LogP contribution in [-0.4, -0.2) is 40.6 Å². The molecule has 1 saturated heterocycles. The average Bonchev–Trinajstić information content (AvgIpc) is 3.26. The van der Waals surface area contributed by atoms with Gasteiger partial charge in [-0.15, -0.1) is 0 Å². The smallest absolute Gasteiger partial charge is 0.260 e. The first kappa shape index (κ1) is 19.4. The molecule has 0 radical (unpaired) electrons. The molecule has 3 heterocycles. The number of fused-ring (bicyclic) bond motifs is 2. The number of aromatic nitrogens is 1. The van der Waals surface area contributed by atoms with Crippen LogP contribution >= 0.6 is 0 Å². The molecule has 5 rings (SSSR count). The highest BCUT2D eigenvalue weighted by atomic mass is 16.2. The van der Waals surface area contributed by atoms with Gasteiger partial charge < -0.3 is 20.5 Å². The molecular formula is C24H24N4O3. The molecular weight excluding hydrogens is 392 g/mol. The molecule has 3 N–H and O–H groups in total. The Morgan fingerprint density at radius 1 is 1.13 bits per heavy atom. The number of piperidine rings is 1. The Labute approximate surface area is 179 Å². The molecule has 0 saturated carbocycles. The third kappa shape index (κ3) is 3.56. The normalized spacial score (nSPS) is 20.6. The lowest BCUT2D eigenvalue weighted by Crippen LogP contribution is -2.37. The van der Waals surface area contributed by atoms with E-state index in [1.54, 1.807) is 18.3 Å². The lowest BCUT2D eigenvalue weighted by atomic mass is 9.86. The third-order valence-electron chi connectivity index (χ3n) is 6.18. The molecule has 2 amide bonds. The van der Waals surface area contributed by atoms with Crippen molar-refractivity contribution < 1.29 is 14.4 Å². The molecule has 3 aliphatic rings. The van der Waals surface area contributed by atoms with Crippen molar-refractivity contribution in [2.45, 2.75) is 25.7 Å². The molecule has 1 unspecified atom stereocenters. The number of anilines is 1. The van der Waals surface area contributed by atoms with E-state index in [-0.39, 0.29) is 23.2 Å². The van der Waals surface area contributed by atoms with E-state index < -0.39 is 5.91 Å². The van der Waals surface area contributed by atoms with E-state index >= 15 is 0 Å². The average molecular weight is 416 g/mol. The van der Waals surface area contributed by atoms with Crippen molar-refractivity contribution >= 4 is 34.2 Å². The van der Waals surface area contributed by atoms with Gasteiger partial charge in [-0.05, 0) is 50.0 Å². The Hall–Kier alpha value is -3.61. The number of H-pyrrole nitrogens is 1. The standard InChI is InChI=1S/C24H24N4O3/c29-22-16-6-2-3-7-19(16)26-14-18(22)23(30)27-21-13-20-15(8-9-25-20)12-17(21)24(31)28-10-4-1-5-11-28/h2-3,7-9,12-14,16,25-26H,1,4-6,10-11H2,(H,27,30). The monoisotopic (exact) mass is 416 g/mol. The van der Waals surface area contributed by atoms with Crippen molar-refractivity contribution in [3.63, 3.8) is 0 Å². The largest absolute Gasteiger partial charge is 0.363 e. The lowest BCUT2D eigenvalue weighted by molar-refractivity contribution is -0.122. The number of carbonyl (C=O) groups is 3. The highest BCUT2D eigenvalue weighted by Crippen LogP contribution is 2.29. The Bertz CT molecular complexity index is 1160. The van der Waals surface area contributed by atoms with E-state index in [1.165, 1.54) is 6.20 Å². The van der Waals surface area contributed by atoms with Gasteiger partial charge in [0.05, 0.1) is 22.7 Å². The number of likely N-dealkylation sites (tertiary alicyclic amines) is 1. The van der Waals surface area contributed by atoms with Gasteiger partial charge in [-0.25, -0.2) is 0 Å². The van der Waals surface area contributed by atoms with Crippen LogP contribution in [0.25, 0.3) is 10.9 Å². The number of allylic oxidation sites excluding steroid dienone is 4. The maximum atomic E-state index is 13.3. The molecule has 2 aromatic rings. The summed E-state index contributed by atoms with van der Waals surface area (Å²) in [6, 6.07) is 5.47. The Balaban J connectivity index is 1.45. The van der Waals surface area contributed by atoms with Crippen LogP contribution in [0.4, 0.5) is 5.69 Å². The second-order valence-electron chi connectivity index (χ2n) is 8.17. The maximum Gasteiger partial charge on any atom is 0.260 e. The molecule has 0 bridgehead atoms. The minimum atomic E-state index is -0.510. The Morgan fingerprint density at radius 3 is 2.81 bits per heavy atom. The molecule has 1 aliphatic carbocycles. The van der Waals surface area contributed by atoms with Gasteiger partial charge >= 0.3 is 0 Å². The van der Waals surface area contributed by atoms with E-state index in [1.807, 2.05) is 29.2 Å².